The molecule has 0 unspecified atom stereocenters. The fourth-order valence-corrected chi connectivity index (χ4v) is 11.4. The number of sulfonamides is 1. The Kier molecular flexibility index (Phi) is 11.9. The maximum atomic E-state index is 15.9. The first-order chi connectivity index (χ1) is 32.4. The van der Waals surface area contributed by atoms with Crippen LogP contribution >= 0.6 is 11.6 Å². The number of carbonyl (C=O) groups excluding carboxylic acids is 1. The molecule has 374 valence electrons. The topological polar surface area (TPSA) is 158 Å². The van der Waals surface area contributed by atoms with E-state index in [0.717, 1.165) is 18.4 Å². The van der Waals surface area contributed by atoms with Crippen molar-refractivity contribution in [3.05, 3.63) is 92.0 Å². The molecule has 2 aromatic carbocycles. The second-order valence-corrected chi connectivity index (χ2v) is 23.6. The van der Waals surface area contributed by atoms with Crippen LogP contribution in [0.3, 0.4) is 0 Å². The summed E-state index contributed by atoms with van der Waals surface area (Å²) in [4.78, 5) is 19.2. The van der Waals surface area contributed by atoms with Gasteiger partial charge in [-0.2, -0.15) is 45.3 Å². The molecule has 70 heavy (non-hydrogen) atoms. The van der Waals surface area contributed by atoms with Crippen LogP contribution in [0.1, 0.15) is 103 Å². The molecule has 3 atom stereocenters. The van der Waals surface area contributed by atoms with Crippen LogP contribution in [0.25, 0.3) is 22.0 Å². The number of aromatic nitrogens is 5. The summed E-state index contributed by atoms with van der Waals surface area (Å²) in [5, 5.41) is 8.71. The minimum Gasteiger partial charge on any atom is -0.346 e. The van der Waals surface area contributed by atoms with Crippen molar-refractivity contribution in [1.29, 1.82) is 0 Å². The van der Waals surface area contributed by atoms with E-state index in [1.54, 1.807) is 0 Å². The predicted octanol–water partition coefficient (Wildman–Crippen LogP) is 9.07. The highest BCUT2D eigenvalue weighted by atomic mass is 35.5. The quantitative estimate of drug-likeness (QED) is 0.0926. The first kappa shape index (κ1) is 49.6. The maximum absolute atomic E-state index is 15.9. The van der Waals surface area contributed by atoms with Gasteiger partial charge in [-0.25, -0.2) is 30.6 Å². The molecule has 0 spiro atoms. The van der Waals surface area contributed by atoms with Gasteiger partial charge in [-0.15, -0.1) is 0 Å². The van der Waals surface area contributed by atoms with Crippen LogP contribution in [0.2, 0.25) is 5.02 Å². The highest BCUT2D eigenvalue weighted by Gasteiger charge is 2.63. The third-order valence-corrected chi connectivity index (χ3v) is 17.4. The van der Waals surface area contributed by atoms with Crippen LogP contribution in [0, 0.1) is 29.4 Å². The normalized spacial score (nSPS) is 19.2. The number of carbonyl (C=O) groups is 1. The predicted molar refractivity (Wildman–Crippen MR) is 235 cm³/mol. The lowest BCUT2D eigenvalue weighted by molar-refractivity contribution is -0.144. The molecule has 12 nitrogen and oxygen atoms in total. The molecule has 25 heteroatoms. The Morgan fingerprint density at radius 1 is 0.943 bits per heavy atom. The van der Waals surface area contributed by atoms with E-state index in [2.05, 4.69) is 32.1 Å². The summed E-state index contributed by atoms with van der Waals surface area (Å²) in [5.74, 6) is -4.94. The number of hydrogen-bond acceptors (Lipinski definition) is 8. The van der Waals surface area contributed by atoms with Gasteiger partial charge in [0.2, 0.25) is 15.9 Å². The van der Waals surface area contributed by atoms with Gasteiger partial charge in [0, 0.05) is 34.9 Å². The second-order valence-electron chi connectivity index (χ2n) is 18.6. The Morgan fingerprint density at radius 3 is 2.21 bits per heavy atom. The fourth-order valence-electron chi connectivity index (χ4n) is 9.59. The van der Waals surface area contributed by atoms with Crippen LogP contribution in [-0.2, 0) is 69.1 Å². The van der Waals surface area contributed by atoms with E-state index in [9.17, 15) is 56.8 Å². The standard InChI is InChI=1S/C45H40ClF10N7O5S2/c1-42(2,69(3,65)66)14-13-31-25-5-4-6-26(25)34(28-10-12-30(46)36-38(28)63(20-43(49,50)51)60-41(36)61-70(67,68)24-7-8-24)37(58-31)32(17-21-15-22(47)18-23(48)16-21)57-33(64)19-62-40-35(39(59-62)45(54,55)56)27-9-11-29(27)44(40,52)53/h10,12,15-16,18,24,27,29,32H,4-9,11,17,19-20H2,1-3H3,(H,57,64)(H,60,61)/t27-,29+,32-/m0/s1. The number of nitrogens with zero attached hydrogens (tertiary/aromatic N) is 5. The van der Waals surface area contributed by atoms with Crippen molar-refractivity contribution in [3.63, 3.8) is 0 Å². The number of pyridine rings is 1. The summed E-state index contributed by atoms with van der Waals surface area (Å²) in [6, 6.07) is 3.16. The van der Waals surface area contributed by atoms with Gasteiger partial charge in [0.25, 0.3) is 5.92 Å². The number of anilines is 1. The highest BCUT2D eigenvalue weighted by Crippen LogP contribution is 2.64. The van der Waals surface area contributed by atoms with Crippen LogP contribution in [-0.4, -0.2) is 69.7 Å². The summed E-state index contributed by atoms with van der Waals surface area (Å²) >= 11 is 6.68. The number of nitrogens with one attached hydrogen (secondary N) is 2. The molecule has 4 aliphatic rings. The fraction of sp³-hybridized carbons (Fsp3) is 0.467. The molecular formula is C45H40ClF10N7O5S2. The van der Waals surface area contributed by atoms with Crippen molar-refractivity contribution in [1.82, 2.24) is 29.9 Å². The number of rotatable bonds is 12. The minimum absolute atomic E-state index is 0.0214. The van der Waals surface area contributed by atoms with Crippen molar-refractivity contribution in [3.8, 4) is 23.0 Å². The highest BCUT2D eigenvalue weighted by molar-refractivity contribution is 7.93. The molecule has 3 aromatic heterocycles. The smallest absolute Gasteiger partial charge is 0.346 e. The first-order valence-electron chi connectivity index (χ1n) is 21.8. The molecule has 9 rings (SSSR count). The van der Waals surface area contributed by atoms with E-state index in [1.165, 1.54) is 26.0 Å². The number of halogens is 11. The average Bonchev–Trinajstić information content (AvgIpc) is 3.65. The zero-order valence-electron chi connectivity index (χ0n) is 37.0. The van der Waals surface area contributed by atoms with Crippen molar-refractivity contribution in [2.75, 3.05) is 11.0 Å². The largest absolute Gasteiger partial charge is 0.435 e. The van der Waals surface area contributed by atoms with Crippen LogP contribution in [0.5, 0.6) is 0 Å². The zero-order chi connectivity index (χ0) is 50.8. The lowest BCUT2D eigenvalue weighted by Crippen LogP contribution is -2.36. The van der Waals surface area contributed by atoms with Crippen molar-refractivity contribution < 1.29 is 65.5 Å². The lowest BCUT2D eigenvalue weighted by atomic mass is 9.73. The number of hydrogen-bond donors (Lipinski definition) is 2. The van der Waals surface area contributed by atoms with E-state index >= 15 is 8.78 Å². The molecule has 4 aliphatic carbocycles. The van der Waals surface area contributed by atoms with E-state index in [-0.39, 0.29) is 87.2 Å². The molecule has 2 fully saturated rings. The van der Waals surface area contributed by atoms with Gasteiger partial charge in [0.05, 0.1) is 32.9 Å². The van der Waals surface area contributed by atoms with Crippen molar-refractivity contribution >= 4 is 54.1 Å². The average molecular weight is 1050 g/mol. The van der Waals surface area contributed by atoms with E-state index < -0.39 is 126 Å². The molecule has 0 saturated heterocycles. The molecule has 3 heterocycles. The van der Waals surface area contributed by atoms with Crippen LogP contribution < -0.4 is 10.0 Å². The lowest BCUT2D eigenvalue weighted by Gasteiger charge is -2.34. The summed E-state index contributed by atoms with van der Waals surface area (Å²) in [5.41, 5.74) is -3.71. The SMILES string of the molecule is CC(C)(C#Cc1nc([C@H](Cc2cc(F)cc(F)c2)NC(=O)Cn2nc(C(F)(F)F)c3c2C(F)(F)[C@@H]2CC[C@H]32)c(-c2ccc(Cl)c3c(NS(=O)(=O)C4CC4)nn(CC(F)(F)F)c23)c2c1CCC2)S(C)(=O)=O. The molecule has 2 saturated carbocycles. The van der Waals surface area contributed by atoms with Crippen molar-refractivity contribution in [2.45, 2.75) is 119 Å². The van der Waals surface area contributed by atoms with Gasteiger partial charge < -0.3 is 5.32 Å². The Balaban J connectivity index is 1.29. The Bertz CT molecular complexity index is 3300. The Morgan fingerprint density at radius 2 is 1.61 bits per heavy atom. The maximum Gasteiger partial charge on any atom is 0.435 e. The molecule has 0 radical (unpaired) electrons. The number of amides is 1. The molecule has 5 aromatic rings. The van der Waals surface area contributed by atoms with Gasteiger partial charge in [0.1, 0.15) is 40.9 Å². The number of alkyl halides is 8. The van der Waals surface area contributed by atoms with Gasteiger partial charge in [-0.3, -0.25) is 18.9 Å². The summed E-state index contributed by atoms with van der Waals surface area (Å²) in [7, 11) is -8.05. The number of fused-ring (bicyclic) bond motifs is 5. The van der Waals surface area contributed by atoms with Crippen molar-refractivity contribution in [2.24, 2.45) is 5.92 Å². The van der Waals surface area contributed by atoms with Gasteiger partial charge in [-0.1, -0.05) is 23.6 Å². The Hall–Kier alpha value is -5.41. The summed E-state index contributed by atoms with van der Waals surface area (Å²) in [6.07, 6.45) is -8.66. The van der Waals surface area contributed by atoms with Gasteiger partial charge in [-0.05, 0) is 112 Å². The second kappa shape index (κ2) is 16.9. The molecular weight excluding hydrogens is 1010 g/mol. The molecule has 0 bridgehead atoms. The minimum atomic E-state index is -5.19. The van der Waals surface area contributed by atoms with Gasteiger partial charge >= 0.3 is 12.4 Å². The van der Waals surface area contributed by atoms with Crippen LogP contribution in [0.4, 0.5) is 49.7 Å². The summed E-state index contributed by atoms with van der Waals surface area (Å²) in [6.45, 7) is -0.400. The zero-order valence-corrected chi connectivity index (χ0v) is 39.4. The first-order valence-corrected chi connectivity index (χ1v) is 25.6. The molecule has 2 N–H and O–H groups in total. The Labute approximate surface area is 398 Å². The van der Waals surface area contributed by atoms with Gasteiger partial charge in [0.15, 0.2) is 21.3 Å². The van der Waals surface area contributed by atoms with E-state index in [4.69, 9.17) is 16.6 Å². The third-order valence-electron chi connectivity index (χ3n) is 13.4. The monoisotopic (exact) mass is 1050 g/mol. The third kappa shape index (κ3) is 8.98. The number of benzene rings is 2. The van der Waals surface area contributed by atoms with Crippen LogP contribution in [0.15, 0.2) is 30.3 Å². The van der Waals surface area contributed by atoms with E-state index in [1.807, 2.05) is 0 Å². The van der Waals surface area contributed by atoms with E-state index in [0.29, 0.717) is 28.3 Å². The molecule has 1 amide bonds. The summed E-state index contributed by atoms with van der Waals surface area (Å²) < 4.78 is 202. The molecule has 0 aliphatic heterocycles. The number of sulfone groups is 1.